The first-order valence-corrected chi connectivity index (χ1v) is 10.1. The second kappa shape index (κ2) is 7.69. The first-order chi connectivity index (χ1) is 14.3. The fraction of sp³-hybridized carbons (Fsp3) is 0.333. The van der Waals surface area contributed by atoms with Crippen LogP contribution in [0.2, 0.25) is 0 Å². The monoisotopic (exact) mass is 408 g/mol. The average molecular weight is 408 g/mol. The molecule has 6 heteroatoms. The molecule has 2 amide bonds. The van der Waals surface area contributed by atoms with Crippen LogP contribution >= 0.6 is 0 Å². The van der Waals surface area contributed by atoms with Crippen molar-refractivity contribution in [3.8, 4) is 0 Å². The number of hydrogen-bond acceptors (Lipinski definition) is 4. The standard InChI is InChI=1S/C24H25FN2O3/c1-14-5-6-18(11-15(14)2)21-22(26-12-16(3)30-17(4)13-26)24(29)27(23(21)28)20-9-7-19(25)8-10-20/h5-11,16-17H,12-13H2,1-4H3. The molecule has 2 atom stereocenters. The maximum absolute atomic E-state index is 13.5. The summed E-state index contributed by atoms with van der Waals surface area (Å²) in [6.07, 6.45) is -0.130. The lowest BCUT2D eigenvalue weighted by atomic mass is 9.99. The fourth-order valence-corrected chi connectivity index (χ4v) is 4.15. The minimum atomic E-state index is -0.420. The van der Waals surface area contributed by atoms with Crippen molar-refractivity contribution in [3.05, 3.63) is 70.7 Å². The van der Waals surface area contributed by atoms with Gasteiger partial charge in [0, 0.05) is 13.1 Å². The quantitative estimate of drug-likeness (QED) is 0.725. The Labute approximate surface area is 175 Å². The van der Waals surface area contributed by atoms with E-state index in [1.807, 2.05) is 50.8 Å². The zero-order valence-corrected chi connectivity index (χ0v) is 17.6. The van der Waals surface area contributed by atoms with Crippen molar-refractivity contribution in [1.29, 1.82) is 0 Å². The number of benzene rings is 2. The van der Waals surface area contributed by atoms with Crippen LogP contribution in [0.3, 0.4) is 0 Å². The Bertz CT molecular complexity index is 1030. The number of hydrogen-bond donors (Lipinski definition) is 0. The number of nitrogens with zero attached hydrogens (tertiary/aromatic N) is 2. The number of morpholine rings is 1. The Morgan fingerprint density at radius 3 is 2.13 bits per heavy atom. The second-order valence-corrected chi connectivity index (χ2v) is 8.11. The molecule has 0 aliphatic carbocycles. The molecule has 2 heterocycles. The van der Waals surface area contributed by atoms with E-state index in [0.29, 0.717) is 35.6 Å². The molecule has 2 aliphatic rings. The third-order valence-corrected chi connectivity index (χ3v) is 5.68. The highest BCUT2D eigenvalue weighted by molar-refractivity contribution is 6.45. The summed E-state index contributed by atoms with van der Waals surface area (Å²) in [5.41, 5.74) is 3.99. The van der Waals surface area contributed by atoms with Crippen LogP contribution in [0.4, 0.5) is 10.1 Å². The van der Waals surface area contributed by atoms with Gasteiger partial charge in [0.2, 0.25) is 0 Å². The lowest BCUT2D eigenvalue weighted by Crippen LogP contribution is -2.47. The van der Waals surface area contributed by atoms with Gasteiger partial charge >= 0.3 is 0 Å². The van der Waals surface area contributed by atoms with Crippen LogP contribution in [-0.4, -0.2) is 42.0 Å². The highest BCUT2D eigenvalue weighted by Gasteiger charge is 2.43. The van der Waals surface area contributed by atoms with E-state index in [1.54, 1.807) is 0 Å². The van der Waals surface area contributed by atoms with Crippen molar-refractivity contribution in [2.24, 2.45) is 0 Å². The lowest BCUT2D eigenvalue weighted by molar-refractivity contribution is -0.121. The van der Waals surface area contributed by atoms with E-state index >= 15 is 0 Å². The first kappa shape index (κ1) is 20.3. The number of aryl methyl sites for hydroxylation is 2. The zero-order chi connectivity index (χ0) is 21.6. The summed E-state index contributed by atoms with van der Waals surface area (Å²) in [5.74, 6) is -1.20. The molecule has 5 nitrogen and oxygen atoms in total. The molecule has 2 unspecified atom stereocenters. The maximum atomic E-state index is 13.5. The number of carbonyl (C=O) groups excluding carboxylic acids is 2. The Morgan fingerprint density at radius 2 is 1.53 bits per heavy atom. The van der Waals surface area contributed by atoms with Crippen molar-refractivity contribution in [2.45, 2.75) is 39.9 Å². The van der Waals surface area contributed by atoms with Crippen molar-refractivity contribution >= 4 is 23.1 Å². The van der Waals surface area contributed by atoms with E-state index in [9.17, 15) is 14.0 Å². The molecule has 1 fully saturated rings. The second-order valence-electron chi connectivity index (χ2n) is 8.11. The van der Waals surface area contributed by atoms with Crippen LogP contribution < -0.4 is 4.90 Å². The van der Waals surface area contributed by atoms with Crippen LogP contribution in [0.25, 0.3) is 5.57 Å². The predicted molar refractivity (Wildman–Crippen MR) is 113 cm³/mol. The van der Waals surface area contributed by atoms with Gasteiger partial charge in [0.25, 0.3) is 11.8 Å². The van der Waals surface area contributed by atoms with Gasteiger partial charge in [-0.3, -0.25) is 9.59 Å². The number of ether oxygens (including phenoxy) is 1. The Kier molecular flexibility index (Phi) is 5.20. The van der Waals surface area contributed by atoms with Crippen LogP contribution in [0.1, 0.15) is 30.5 Å². The number of rotatable bonds is 3. The highest BCUT2D eigenvalue weighted by atomic mass is 19.1. The molecule has 4 rings (SSSR count). The number of halogens is 1. The van der Waals surface area contributed by atoms with E-state index in [2.05, 4.69) is 0 Å². The molecule has 0 aromatic heterocycles. The van der Waals surface area contributed by atoms with Gasteiger partial charge in [0.1, 0.15) is 11.5 Å². The van der Waals surface area contributed by atoms with E-state index in [4.69, 9.17) is 4.74 Å². The third-order valence-electron chi connectivity index (χ3n) is 5.68. The van der Waals surface area contributed by atoms with E-state index in [0.717, 1.165) is 16.0 Å². The molecular formula is C24H25FN2O3. The minimum absolute atomic E-state index is 0.0648. The smallest absolute Gasteiger partial charge is 0.282 e. The number of carbonyl (C=O) groups is 2. The molecular weight excluding hydrogens is 383 g/mol. The zero-order valence-electron chi connectivity index (χ0n) is 17.6. The van der Waals surface area contributed by atoms with Gasteiger partial charge in [-0.2, -0.15) is 0 Å². The van der Waals surface area contributed by atoms with Gasteiger partial charge in [-0.05, 0) is 68.7 Å². The molecule has 0 radical (unpaired) electrons. The molecule has 156 valence electrons. The van der Waals surface area contributed by atoms with E-state index < -0.39 is 11.7 Å². The lowest BCUT2D eigenvalue weighted by Gasteiger charge is -2.37. The minimum Gasteiger partial charge on any atom is -0.372 e. The average Bonchev–Trinajstić information content (AvgIpc) is 2.94. The van der Waals surface area contributed by atoms with Crippen molar-refractivity contribution < 1.29 is 18.7 Å². The molecule has 0 N–H and O–H groups in total. The summed E-state index contributed by atoms with van der Waals surface area (Å²) < 4.78 is 19.2. The van der Waals surface area contributed by atoms with Crippen molar-refractivity contribution in [2.75, 3.05) is 18.0 Å². The molecule has 2 aliphatic heterocycles. The molecule has 0 spiro atoms. The van der Waals surface area contributed by atoms with Gasteiger partial charge in [0.05, 0.1) is 23.5 Å². The summed E-state index contributed by atoms with van der Waals surface area (Å²) in [6.45, 7) is 8.94. The highest BCUT2D eigenvalue weighted by Crippen LogP contribution is 2.36. The largest absolute Gasteiger partial charge is 0.372 e. The molecule has 0 saturated carbocycles. The summed E-state index contributed by atoms with van der Waals surface area (Å²) >= 11 is 0. The van der Waals surface area contributed by atoms with Crippen molar-refractivity contribution in [3.63, 3.8) is 0 Å². The van der Waals surface area contributed by atoms with Gasteiger partial charge in [-0.1, -0.05) is 18.2 Å². The number of imide groups is 1. The topological polar surface area (TPSA) is 49.9 Å². The van der Waals surface area contributed by atoms with Crippen LogP contribution in [0.5, 0.6) is 0 Å². The van der Waals surface area contributed by atoms with Gasteiger partial charge in [0.15, 0.2) is 0 Å². The SMILES string of the molecule is Cc1ccc(C2=C(N3CC(C)OC(C)C3)C(=O)N(c3ccc(F)cc3)C2=O)cc1C. The summed E-state index contributed by atoms with van der Waals surface area (Å²) in [5, 5.41) is 0. The van der Waals surface area contributed by atoms with Gasteiger partial charge in [-0.15, -0.1) is 0 Å². The van der Waals surface area contributed by atoms with Crippen LogP contribution in [0, 0.1) is 19.7 Å². The summed E-state index contributed by atoms with van der Waals surface area (Å²) in [7, 11) is 0. The molecule has 0 bridgehead atoms. The van der Waals surface area contributed by atoms with Crippen molar-refractivity contribution in [1.82, 2.24) is 4.90 Å². The summed E-state index contributed by atoms with van der Waals surface area (Å²) in [6, 6.07) is 11.2. The normalized spacial score (nSPS) is 22.3. The molecule has 2 aromatic rings. The summed E-state index contributed by atoms with van der Waals surface area (Å²) in [4.78, 5) is 30.1. The van der Waals surface area contributed by atoms with Crippen LogP contribution in [0.15, 0.2) is 48.2 Å². The number of amides is 2. The fourth-order valence-electron chi connectivity index (χ4n) is 4.15. The molecule has 2 aromatic carbocycles. The first-order valence-electron chi connectivity index (χ1n) is 10.1. The predicted octanol–water partition coefficient (Wildman–Crippen LogP) is 3.84. The molecule has 30 heavy (non-hydrogen) atoms. The Hall–Kier alpha value is -2.99. The molecule has 1 saturated heterocycles. The Balaban J connectivity index is 1.85. The van der Waals surface area contributed by atoms with Crippen LogP contribution in [-0.2, 0) is 14.3 Å². The van der Waals surface area contributed by atoms with Gasteiger partial charge in [-0.25, -0.2) is 9.29 Å². The maximum Gasteiger partial charge on any atom is 0.282 e. The third kappa shape index (κ3) is 3.52. The Morgan fingerprint density at radius 1 is 0.900 bits per heavy atom. The van der Waals surface area contributed by atoms with Gasteiger partial charge < -0.3 is 9.64 Å². The number of anilines is 1. The van der Waals surface area contributed by atoms with E-state index in [-0.39, 0.29) is 18.1 Å². The van der Waals surface area contributed by atoms with E-state index in [1.165, 1.54) is 24.3 Å².